The third-order valence-electron chi connectivity index (χ3n) is 3.91. The van der Waals surface area contributed by atoms with Crippen molar-refractivity contribution in [3.8, 4) is 0 Å². The van der Waals surface area contributed by atoms with Crippen LogP contribution in [0.4, 0.5) is 4.79 Å². The van der Waals surface area contributed by atoms with Crippen LogP contribution in [0, 0.1) is 6.92 Å². The van der Waals surface area contributed by atoms with E-state index in [0.29, 0.717) is 5.56 Å². The van der Waals surface area contributed by atoms with E-state index in [9.17, 15) is 14.4 Å². The van der Waals surface area contributed by atoms with Gasteiger partial charge in [-0.05, 0) is 44.9 Å². The highest BCUT2D eigenvalue weighted by Gasteiger charge is 2.27. The first-order valence-corrected chi connectivity index (χ1v) is 8.29. The van der Waals surface area contributed by atoms with E-state index in [0.717, 1.165) is 16.7 Å². The molecule has 1 aromatic rings. The van der Waals surface area contributed by atoms with Gasteiger partial charge in [-0.25, -0.2) is 9.59 Å². The Kier molecular flexibility index (Phi) is 5.86. The summed E-state index contributed by atoms with van der Waals surface area (Å²) in [6, 6.07) is 2.75. The minimum absolute atomic E-state index is 0.0646. The first-order valence-electron chi connectivity index (χ1n) is 8.29. The average molecular weight is 364 g/mol. The largest absolute Gasteiger partial charge is 0.457 e. The van der Waals surface area contributed by atoms with Crippen molar-refractivity contribution in [1.82, 2.24) is 10.6 Å². The Labute approximate surface area is 151 Å². The zero-order chi connectivity index (χ0) is 19.5. The van der Waals surface area contributed by atoms with E-state index in [4.69, 9.17) is 14.6 Å². The number of aliphatic hydroxyl groups is 1. The van der Waals surface area contributed by atoms with Crippen LogP contribution in [0.3, 0.4) is 0 Å². The number of hydrogen-bond donors (Lipinski definition) is 3. The molecular formula is C18H24N2O6. The zero-order valence-corrected chi connectivity index (χ0v) is 15.3. The maximum atomic E-state index is 11.9. The summed E-state index contributed by atoms with van der Waals surface area (Å²) in [7, 11) is 0. The van der Waals surface area contributed by atoms with Crippen LogP contribution in [-0.4, -0.2) is 41.8 Å². The monoisotopic (exact) mass is 364 g/mol. The van der Waals surface area contributed by atoms with E-state index in [1.54, 1.807) is 32.9 Å². The van der Waals surface area contributed by atoms with Crippen LogP contribution in [0.1, 0.15) is 53.9 Å². The number of rotatable bonds is 5. The third kappa shape index (κ3) is 4.72. The minimum Gasteiger partial charge on any atom is -0.457 e. The Hall–Kier alpha value is -2.61. The number of aliphatic hydroxyl groups excluding tert-OH is 1. The molecule has 1 aromatic carbocycles. The van der Waals surface area contributed by atoms with E-state index in [1.165, 1.54) is 0 Å². The van der Waals surface area contributed by atoms with Gasteiger partial charge >= 0.3 is 12.1 Å². The van der Waals surface area contributed by atoms with E-state index in [1.807, 2.05) is 6.92 Å². The Morgan fingerprint density at radius 3 is 2.65 bits per heavy atom. The van der Waals surface area contributed by atoms with Gasteiger partial charge in [0.1, 0.15) is 18.8 Å². The normalized spacial score (nSPS) is 14.3. The molecule has 0 saturated carbocycles. The van der Waals surface area contributed by atoms with Gasteiger partial charge in [0.05, 0.1) is 11.6 Å². The van der Waals surface area contributed by atoms with Crippen LogP contribution in [0.2, 0.25) is 0 Å². The van der Waals surface area contributed by atoms with Gasteiger partial charge in [-0.1, -0.05) is 6.07 Å². The van der Waals surface area contributed by atoms with Crippen molar-refractivity contribution in [2.45, 2.75) is 45.9 Å². The predicted molar refractivity (Wildman–Crippen MR) is 92.5 cm³/mol. The molecule has 0 radical (unpaired) electrons. The van der Waals surface area contributed by atoms with Crippen LogP contribution in [0.15, 0.2) is 12.1 Å². The number of fused-ring (bicyclic) bond motifs is 1. The molecule has 1 heterocycles. The fourth-order valence-corrected chi connectivity index (χ4v) is 2.72. The number of carbonyl (C=O) groups excluding carboxylic acids is 3. The molecule has 142 valence electrons. The standard InChI is InChI=1S/C18H24N2O6/c1-10-11(5-6-12-13(10)9-25-16(12)23)14(20-15(22)8-21)7-19-17(24)26-18(2,3)4/h5-6,14,21H,7-9H2,1-4H3,(H,19,24)(H,20,22)/t14-/m0/s1. The fourth-order valence-electron chi connectivity index (χ4n) is 2.72. The highest BCUT2D eigenvalue weighted by molar-refractivity contribution is 5.94. The second-order valence-corrected chi connectivity index (χ2v) is 7.04. The van der Waals surface area contributed by atoms with Gasteiger partial charge < -0.3 is 25.2 Å². The van der Waals surface area contributed by atoms with E-state index in [-0.39, 0.29) is 19.1 Å². The maximum absolute atomic E-state index is 11.9. The maximum Gasteiger partial charge on any atom is 0.407 e. The Bertz CT molecular complexity index is 723. The molecule has 0 fully saturated rings. The second-order valence-electron chi connectivity index (χ2n) is 7.04. The van der Waals surface area contributed by atoms with Crippen LogP contribution >= 0.6 is 0 Å². The summed E-state index contributed by atoms with van der Waals surface area (Å²) in [6.07, 6.45) is -0.613. The lowest BCUT2D eigenvalue weighted by Crippen LogP contribution is -2.41. The molecule has 8 heteroatoms. The molecule has 0 saturated heterocycles. The molecule has 0 aromatic heterocycles. The van der Waals surface area contributed by atoms with Gasteiger partial charge in [0.2, 0.25) is 5.91 Å². The van der Waals surface area contributed by atoms with Gasteiger partial charge in [-0.2, -0.15) is 0 Å². The summed E-state index contributed by atoms with van der Waals surface area (Å²) in [5, 5.41) is 14.3. The fraction of sp³-hybridized carbons (Fsp3) is 0.500. The number of benzene rings is 1. The molecule has 1 atom stereocenters. The SMILES string of the molecule is Cc1c([C@H](CNC(=O)OC(C)(C)C)NC(=O)CO)ccc2c1COC2=O. The van der Waals surface area contributed by atoms with Crippen molar-refractivity contribution in [1.29, 1.82) is 0 Å². The quantitative estimate of drug-likeness (QED) is 0.680. The Balaban J connectivity index is 2.21. The lowest BCUT2D eigenvalue weighted by Gasteiger charge is -2.24. The van der Waals surface area contributed by atoms with E-state index < -0.39 is 30.3 Å². The highest BCUT2D eigenvalue weighted by Crippen LogP contribution is 2.29. The molecule has 2 rings (SSSR count). The zero-order valence-electron chi connectivity index (χ0n) is 15.3. The molecule has 1 aliphatic rings. The first-order chi connectivity index (χ1) is 12.1. The van der Waals surface area contributed by atoms with Gasteiger partial charge in [0.25, 0.3) is 0 Å². The van der Waals surface area contributed by atoms with Crippen molar-refractivity contribution in [3.05, 3.63) is 34.4 Å². The van der Waals surface area contributed by atoms with E-state index in [2.05, 4.69) is 10.6 Å². The van der Waals surface area contributed by atoms with Crippen LogP contribution in [0.25, 0.3) is 0 Å². The molecule has 0 spiro atoms. The van der Waals surface area contributed by atoms with Gasteiger partial charge in [0, 0.05) is 12.1 Å². The molecule has 0 bridgehead atoms. The van der Waals surface area contributed by atoms with Gasteiger partial charge in [-0.15, -0.1) is 0 Å². The molecule has 0 aliphatic carbocycles. The van der Waals surface area contributed by atoms with Crippen LogP contribution in [-0.2, 0) is 20.9 Å². The van der Waals surface area contributed by atoms with Gasteiger partial charge in [-0.3, -0.25) is 4.79 Å². The molecule has 8 nitrogen and oxygen atoms in total. The molecule has 2 amide bonds. The number of alkyl carbamates (subject to hydrolysis) is 1. The third-order valence-corrected chi connectivity index (χ3v) is 3.91. The van der Waals surface area contributed by atoms with Crippen LogP contribution < -0.4 is 10.6 Å². The van der Waals surface area contributed by atoms with Crippen molar-refractivity contribution < 1.29 is 29.0 Å². The molecule has 3 N–H and O–H groups in total. The number of cyclic esters (lactones) is 1. The number of ether oxygens (including phenoxy) is 2. The molecule has 26 heavy (non-hydrogen) atoms. The molecule has 0 unspecified atom stereocenters. The van der Waals surface area contributed by atoms with E-state index >= 15 is 0 Å². The van der Waals surface area contributed by atoms with Crippen molar-refractivity contribution in [3.63, 3.8) is 0 Å². The summed E-state index contributed by atoms with van der Waals surface area (Å²) in [5.41, 5.74) is 2.13. The van der Waals surface area contributed by atoms with Gasteiger partial charge in [0.15, 0.2) is 0 Å². The Morgan fingerprint density at radius 2 is 2.04 bits per heavy atom. The van der Waals surface area contributed by atoms with Crippen LogP contribution in [0.5, 0.6) is 0 Å². The van der Waals surface area contributed by atoms with Crippen molar-refractivity contribution in [2.24, 2.45) is 0 Å². The highest BCUT2D eigenvalue weighted by atomic mass is 16.6. The number of esters is 1. The summed E-state index contributed by atoms with van der Waals surface area (Å²) in [5.74, 6) is -0.953. The first kappa shape index (κ1) is 19.7. The lowest BCUT2D eigenvalue weighted by molar-refractivity contribution is -0.124. The number of nitrogens with one attached hydrogen (secondary N) is 2. The lowest BCUT2D eigenvalue weighted by atomic mass is 9.94. The second kappa shape index (κ2) is 7.74. The average Bonchev–Trinajstić information content (AvgIpc) is 2.92. The minimum atomic E-state index is -0.672. The molecular weight excluding hydrogens is 340 g/mol. The van der Waals surface area contributed by atoms with Crippen molar-refractivity contribution in [2.75, 3.05) is 13.2 Å². The molecule has 1 aliphatic heterocycles. The number of carbonyl (C=O) groups is 3. The summed E-state index contributed by atoms with van der Waals surface area (Å²) >= 11 is 0. The smallest absolute Gasteiger partial charge is 0.407 e. The number of hydrogen-bond acceptors (Lipinski definition) is 6. The topological polar surface area (TPSA) is 114 Å². The summed E-state index contributed by atoms with van der Waals surface area (Å²) in [4.78, 5) is 35.3. The summed E-state index contributed by atoms with van der Waals surface area (Å²) in [6.45, 7) is 6.64. The Morgan fingerprint density at radius 1 is 1.35 bits per heavy atom. The van der Waals surface area contributed by atoms with Crippen molar-refractivity contribution >= 4 is 18.0 Å². The number of amides is 2. The summed E-state index contributed by atoms with van der Waals surface area (Å²) < 4.78 is 10.2. The predicted octanol–water partition coefficient (Wildman–Crippen LogP) is 1.34.